The summed E-state index contributed by atoms with van der Waals surface area (Å²) in [6.45, 7) is 7.74. The first kappa shape index (κ1) is 12.8. The van der Waals surface area contributed by atoms with Crippen molar-refractivity contribution >= 4 is 16.8 Å². The first-order valence-electron chi connectivity index (χ1n) is 5.53. The van der Waals surface area contributed by atoms with Gasteiger partial charge in [-0.15, -0.1) is 0 Å². The van der Waals surface area contributed by atoms with Crippen LogP contribution in [-0.2, 0) is 15.8 Å². The molecule has 3 nitrogen and oxygen atoms in total. The lowest BCUT2D eigenvalue weighted by atomic mass is 9.85. The second kappa shape index (κ2) is 4.74. The fourth-order valence-electron chi connectivity index (χ4n) is 1.67. The molecule has 0 saturated heterocycles. The Morgan fingerprint density at radius 1 is 1.40 bits per heavy atom. The van der Waals surface area contributed by atoms with Gasteiger partial charge in [0.25, 0.3) is 0 Å². The van der Waals surface area contributed by atoms with Gasteiger partial charge in [-0.2, -0.15) is 0 Å². The van der Waals surface area contributed by atoms with Crippen LogP contribution in [0.4, 0.5) is 0 Å². The second-order valence-electron chi connectivity index (χ2n) is 5.25. The van der Waals surface area contributed by atoms with Gasteiger partial charge in [-0.1, -0.05) is 6.92 Å². The van der Waals surface area contributed by atoms with Crippen LogP contribution in [0.5, 0.6) is 0 Å². The number of nitrogens with one attached hydrogen (secondary N) is 1. The van der Waals surface area contributed by atoms with Crippen LogP contribution in [0.2, 0.25) is 0 Å². The monoisotopic (exact) mass is 231 g/mol. The van der Waals surface area contributed by atoms with Gasteiger partial charge in [0, 0.05) is 18.4 Å². The summed E-state index contributed by atoms with van der Waals surface area (Å²) in [4.78, 5) is 11.5. The molecule has 1 saturated carbocycles. The third kappa shape index (κ3) is 3.38. The SMILES string of the molecule is C[C@@H]1C(=O)CCC[C@H]1NS(=O)C(C)(C)C. The Hall–Kier alpha value is -0.220. The highest BCUT2D eigenvalue weighted by Gasteiger charge is 2.31. The molecule has 3 atom stereocenters. The van der Waals surface area contributed by atoms with Crippen molar-refractivity contribution in [3.63, 3.8) is 0 Å². The van der Waals surface area contributed by atoms with E-state index in [-0.39, 0.29) is 16.7 Å². The van der Waals surface area contributed by atoms with Gasteiger partial charge in [0.2, 0.25) is 0 Å². The zero-order valence-corrected chi connectivity index (χ0v) is 10.8. The van der Waals surface area contributed by atoms with Crippen molar-refractivity contribution in [3.05, 3.63) is 0 Å². The maximum Gasteiger partial charge on any atom is 0.137 e. The summed E-state index contributed by atoms with van der Waals surface area (Å²) in [5.41, 5.74) is 0. The minimum absolute atomic E-state index is 0.00468. The highest BCUT2D eigenvalue weighted by Crippen LogP contribution is 2.22. The van der Waals surface area contributed by atoms with E-state index in [1.807, 2.05) is 27.7 Å². The molecule has 1 fully saturated rings. The molecule has 1 aliphatic rings. The average molecular weight is 231 g/mol. The van der Waals surface area contributed by atoms with E-state index < -0.39 is 11.0 Å². The molecule has 4 heteroatoms. The van der Waals surface area contributed by atoms with E-state index in [1.54, 1.807) is 0 Å². The van der Waals surface area contributed by atoms with Crippen molar-refractivity contribution in [3.8, 4) is 0 Å². The average Bonchev–Trinajstić information content (AvgIpc) is 2.11. The van der Waals surface area contributed by atoms with Crippen molar-refractivity contribution < 1.29 is 9.00 Å². The van der Waals surface area contributed by atoms with Crippen molar-refractivity contribution in [2.24, 2.45) is 5.92 Å². The number of hydrogen-bond donors (Lipinski definition) is 1. The number of rotatable bonds is 2. The highest BCUT2D eigenvalue weighted by atomic mass is 32.2. The van der Waals surface area contributed by atoms with Crippen molar-refractivity contribution in [1.29, 1.82) is 0 Å². The third-order valence-electron chi connectivity index (χ3n) is 2.86. The Morgan fingerprint density at radius 2 is 2.00 bits per heavy atom. The van der Waals surface area contributed by atoms with E-state index in [9.17, 15) is 9.00 Å². The molecular weight excluding hydrogens is 210 g/mol. The lowest BCUT2D eigenvalue weighted by Crippen LogP contribution is -2.46. The highest BCUT2D eigenvalue weighted by molar-refractivity contribution is 7.84. The quantitative estimate of drug-likeness (QED) is 0.787. The topological polar surface area (TPSA) is 46.2 Å². The molecule has 1 N–H and O–H groups in total. The van der Waals surface area contributed by atoms with Gasteiger partial charge >= 0.3 is 0 Å². The van der Waals surface area contributed by atoms with Gasteiger partial charge in [0.05, 0.1) is 15.7 Å². The molecular formula is C11H21NO2S. The Kier molecular flexibility index (Phi) is 4.06. The standard InChI is InChI=1S/C11H21NO2S/c1-8-9(6-5-7-10(8)13)12-15(14)11(2,3)4/h8-9,12H,5-7H2,1-4H3/t8-,9+,15?/m0/s1. The first-order chi connectivity index (χ1) is 6.82. The number of ketones is 1. The molecule has 1 aliphatic carbocycles. The minimum atomic E-state index is -1.07. The van der Waals surface area contributed by atoms with Gasteiger partial charge in [0.15, 0.2) is 0 Å². The van der Waals surface area contributed by atoms with Crippen LogP contribution in [0.25, 0.3) is 0 Å². The van der Waals surface area contributed by atoms with Crippen molar-refractivity contribution in [2.75, 3.05) is 0 Å². The summed E-state index contributed by atoms with van der Waals surface area (Å²) in [6.07, 6.45) is 2.55. The zero-order valence-electron chi connectivity index (χ0n) is 10.0. The largest absolute Gasteiger partial charge is 0.299 e. The number of Topliss-reactive ketones (excluding diaryl/α,β-unsaturated/α-hetero) is 1. The Labute approximate surface area is 94.6 Å². The summed E-state index contributed by atoms with van der Waals surface area (Å²) >= 11 is 0. The zero-order chi connectivity index (χ0) is 11.6. The molecule has 1 unspecified atom stereocenters. The van der Waals surface area contributed by atoms with E-state index in [0.29, 0.717) is 12.2 Å². The fourth-order valence-corrected chi connectivity index (χ4v) is 2.62. The third-order valence-corrected chi connectivity index (χ3v) is 4.49. The lowest BCUT2D eigenvalue weighted by molar-refractivity contribution is -0.124. The molecule has 0 heterocycles. The van der Waals surface area contributed by atoms with Gasteiger partial charge in [-0.05, 0) is 33.6 Å². The van der Waals surface area contributed by atoms with Crippen LogP contribution in [0.1, 0.15) is 47.0 Å². The fraction of sp³-hybridized carbons (Fsp3) is 0.909. The van der Waals surface area contributed by atoms with Gasteiger partial charge in [-0.25, -0.2) is 8.93 Å². The maximum absolute atomic E-state index is 11.9. The first-order valence-corrected chi connectivity index (χ1v) is 6.68. The van der Waals surface area contributed by atoms with Crippen molar-refractivity contribution in [1.82, 2.24) is 4.72 Å². The second-order valence-corrected chi connectivity index (χ2v) is 7.25. The van der Waals surface area contributed by atoms with Gasteiger partial charge < -0.3 is 0 Å². The summed E-state index contributed by atoms with van der Waals surface area (Å²) in [5, 5.41) is 0. The molecule has 0 radical (unpaired) electrons. The molecule has 0 amide bonds. The Bertz CT molecular complexity index is 270. The van der Waals surface area contributed by atoms with Crippen LogP contribution in [0, 0.1) is 5.92 Å². The predicted octanol–water partition coefficient (Wildman–Crippen LogP) is 1.80. The molecule has 0 spiro atoms. The molecule has 0 aromatic carbocycles. The molecule has 0 aliphatic heterocycles. The van der Waals surface area contributed by atoms with E-state index in [2.05, 4.69) is 4.72 Å². The predicted molar refractivity (Wildman–Crippen MR) is 62.8 cm³/mol. The summed E-state index contributed by atoms with van der Waals surface area (Å²) in [5.74, 6) is 0.301. The minimum Gasteiger partial charge on any atom is -0.299 e. The molecule has 15 heavy (non-hydrogen) atoms. The summed E-state index contributed by atoms with van der Waals surface area (Å²) in [6, 6.07) is 0.0892. The normalized spacial score (nSPS) is 30.3. The molecule has 0 aromatic rings. The Balaban J connectivity index is 2.58. The molecule has 1 rings (SSSR count). The summed E-state index contributed by atoms with van der Waals surface area (Å²) in [7, 11) is -1.07. The molecule has 88 valence electrons. The van der Waals surface area contributed by atoms with E-state index in [0.717, 1.165) is 12.8 Å². The lowest BCUT2D eigenvalue weighted by Gasteiger charge is -2.30. The maximum atomic E-state index is 11.9. The van der Waals surface area contributed by atoms with E-state index >= 15 is 0 Å². The van der Waals surface area contributed by atoms with E-state index in [4.69, 9.17) is 0 Å². The molecule has 0 aromatic heterocycles. The number of carbonyl (C=O) groups is 1. The number of carbonyl (C=O) groups excluding carboxylic acids is 1. The van der Waals surface area contributed by atoms with Crippen LogP contribution >= 0.6 is 0 Å². The molecule has 0 bridgehead atoms. The summed E-state index contributed by atoms with van der Waals surface area (Å²) < 4.78 is 14.7. The van der Waals surface area contributed by atoms with Gasteiger partial charge in [-0.3, -0.25) is 4.79 Å². The van der Waals surface area contributed by atoms with Crippen molar-refractivity contribution in [2.45, 2.75) is 57.7 Å². The van der Waals surface area contributed by atoms with Crippen LogP contribution < -0.4 is 4.72 Å². The number of hydrogen-bond acceptors (Lipinski definition) is 2. The van der Waals surface area contributed by atoms with Crippen LogP contribution in [0.15, 0.2) is 0 Å². The van der Waals surface area contributed by atoms with Crippen LogP contribution in [-0.4, -0.2) is 20.8 Å². The smallest absolute Gasteiger partial charge is 0.137 e. The van der Waals surface area contributed by atoms with E-state index in [1.165, 1.54) is 0 Å². The van der Waals surface area contributed by atoms with Gasteiger partial charge in [0.1, 0.15) is 5.78 Å². The Morgan fingerprint density at radius 3 is 2.53 bits per heavy atom. The van der Waals surface area contributed by atoms with Crippen LogP contribution in [0.3, 0.4) is 0 Å².